The van der Waals surface area contributed by atoms with Crippen LogP contribution in [0.25, 0.3) is 11.0 Å². The Labute approximate surface area is 146 Å². The number of carbonyl (C=O) groups excluding carboxylic acids is 1. The molecule has 0 aliphatic rings. The number of aromatic amines is 1. The van der Waals surface area contributed by atoms with Gasteiger partial charge in [-0.05, 0) is 34.9 Å². The standard InChI is InChI=1S/C17H23N7O/c1-3-12(2)16(17-19-13-7-4-5-8-14(13)20-17)21-15(25)9-6-10-24-11-18-22-23-24/h4-5,7-8,11-12,16H,3,6,9-10H2,1-2H3,(H,19,20)(H,21,25). The summed E-state index contributed by atoms with van der Waals surface area (Å²) in [5, 5.41) is 14.1. The van der Waals surface area contributed by atoms with Crippen molar-refractivity contribution >= 4 is 16.9 Å². The molecule has 2 aromatic heterocycles. The van der Waals surface area contributed by atoms with Crippen LogP contribution in [0.3, 0.4) is 0 Å². The number of nitrogens with zero attached hydrogens (tertiary/aromatic N) is 5. The number of benzene rings is 1. The average molecular weight is 341 g/mol. The molecule has 132 valence electrons. The van der Waals surface area contributed by atoms with Gasteiger partial charge in [0.05, 0.1) is 17.1 Å². The predicted octanol–water partition coefficient (Wildman–Crippen LogP) is 2.23. The number of tetrazole rings is 1. The Balaban J connectivity index is 1.64. The van der Waals surface area contributed by atoms with Gasteiger partial charge < -0.3 is 10.3 Å². The van der Waals surface area contributed by atoms with Gasteiger partial charge in [-0.1, -0.05) is 32.4 Å². The first-order valence-electron chi connectivity index (χ1n) is 8.62. The zero-order chi connectivity index (χ0) is 17.6. The highest BCUT2D eigenvalue weighted by molar-refractivity contribution is 5.77. The first kappa shape index (κ1) is 17.1. The molecule has 0 saturated heterocycles. The first-order valence-corrected chi connectivity index (χ1v) is 8.62. The molecule has 2 N–H and O–H groups in total. The normalized spacial score (nSPS) is 13.7. The van der Waals surface area contributed by atoms with Crippen LogP contribution in [0.2, 0.25) is 0 Å². The van der Waals surface area contributed by atoms with E-state index in [1.54, 1.807) is 11.0 Å². The smallest absolute Gasteiger partial charge is 0.220 e. The molecule has 0 fully saturated rings. The van der Waals surface area contributed by atoms with Gasteiger partial charge >= 0.3 is 0 Å². The van der Waals surface area contributed by atoms with Gasteiger partial charge in [0.1, 0.15) is 12.2 Å². The van der Waals surface area contributed by atoms with E-state index < -0.39 is 0 Å². The van der Waals surface area contributed by atoms with E-state index in [1.165, 1.54) is 0 Å². The van der Waals surface area contributed by atoms with E-state index in [9.17, 15) is 4.79 Å². The van der Waals surface area contributed by atoms with E-state index in [0.717, 1.165) is 23.3 Å². The van der Waals surface area contributed by atoms with Gasteiger partial charge in [0.25, 0.3) is 0 Å². The maximum Gasteiger partial charge on any atom is 0.220 e. The van der Waals surface area contributed by atoms with E-state index in [1.807, 2.05) is 24.3 Å². The summed E-state index contributed by atoms with van der Waals surface area (Å²) in [7, 11) is 0. The van der Waals surface area contributed by atoms with Gasteiger partial charge in [-0.2, -0.15) is 0 Å². The fraction of sp³-hybridized carbons (Fsp3) is 0.471. The van der Waals surface area contributed by atoms with Crippen LogP contribution in [0.4, 0.5) is 0 Å². The SMILES string of the molecule is CCC(C)C(NC(=O)CCCn1cnnn1)c1nc2ccccc2[nH]1. The Kier molecular flexibility index (Phi) is 5.37. The Morgan fingerprint density at radius 1 is 1.36 bits per heavy atom. The molecule has 2 unspecified atom stereocenters. The Hall–Kier alpha value is -2.77. The number of aryl methyl sites for hydroxylation is 1. The Morgan fingerprint density at radius 3 is 2.92 bits per heavy atom. The maximum atomic E-state index is 12.4. The number of H-pyrrole nitrogens is 1. The summed E-state index contributed by atoms with van der Waals surface area (Å²) >= 11 is 0. The second-order valence-electron chi connectivity index (χ2n) is 6.25. The summed E-state index contributed by atoms with van der Waals surface area (Å²) in [6.07, 6.45) is 3.61. The molecule has 8 nitrogen and oxygen atoms in total. The average Bonchev–Trinajstić information content (AvgIpc) is 3.28. The van der Waals surface area contributed by atoms with Crippen LogP contribution in [0, 0.1) is 5.92 Å². The highest BCUT2D eigenvalue weighted by Gasteiger charge is 2.23. The Bertz CT molecular complexity index is 778. The monoisotopic (exact) mass is 341 g/mol. The molecule has 0 aliphatic carbocycles. The highest BCUT2D eigenvalue weighted by atomic mass is 16.1. The quantitative estimate of drug-likeness (QED) is 0.654. The van der Waals surface area contributed by atoms with Crippen LogP contribution in [0.5, 0.6) is 0 Å². The number of hydrogen-bond donors (Lipinski definition) is 2. The largest absolute Gasteiger partial charge is 0.346 e. The summed E-state index contributed by atoms with van der Waals surface area (Å²) in [5.74, 6) is 1.10. The molecule has 0 spiro atoms. The van der Waals surface area contributed by atoms with Crippen LogP contribution in [-0.2, 0) is 11.3 Å². The third-order valence-corrected chi connectivity index (χ3v) is 4.41. The molecule has 0 bridgehead atoms. The molecule has 3 rings (SSSR count). The molecule has 0 aliphatic heterocycles. The molecule has 0 radical (unpaired) electrons. The third-order valence-electron chi connectivity index (χ3n) is 4.41. The van der Waals surface area contributed by atoms with Gasteiger partial charge in [-0.15, -0.1) is 5.10 Å². The van der Waals surface area contributed by atoms with E-state index in [0.29, 0.717) is 19.4 Å². The number of aromatic nitrogens is 6. The van der Waals surface area contributed by atoms with Crippen molar-refractivity contribution in [3.63, 3.8) is 0 Å². The lowest BCUT2D eigenvalue weighted by molar-refractivity contribution is -0.122. The summed E-state index contributed by atoms with van der Waals surface area (Å²) in [5.41, 5.74) is 1.90. The van der Waals surface area contributed by atoms with Gasteiger partial charge in [-0.25, -0.2) is 9.67 Å². The van der Waals surface area contributed by atoms with Crippen LogP contribution >= 0.6 is 0 Å². The summed E-state index contributed by atoms with van der Waals surface area (Å²) in [4.78, 5) is 20.4. The van der Waals surface area contributed by atoms with Crippen LogP contribution in [0.15, 0.2) is 30.6 Å². The van der Waals surface area contributed by atoms with Crippen molar-refractivity contribution in [2.45, 2.75) is 45.7 Å². The van der Waals surface area contributed by atoms with Crippen LogP contribution < -0.4 is 5.32 Å². The summed E-state index contributed by atoms with van der Waals surface area (Å²) in [6.45, 7) is 4.86. The second kappa shape index (κ2) is 7.87. The summed E-state index contributed by atoms with van der Waals surface area (Å²) < 4.78 is 1.62. The third kappa shape index (κ3) is 4.20. The molecule has 25 heavy (non-hydrogen) atoms. The lowest BCUT2D eigenvalue weighted by atomic mass is 9.98. The molecule has 2 atom stereocenters. The molecular weight excluding hydrogens is 318 g/mol. The number of para-hydroxylation sites is 2. The fourth-order valence-electron chi connectivity index (χ4n) is 2.77. The van der Waals surface area contributed by atoms with Gasteiger partial charge in [0.15, 0.2) is 0 Å². The van der Waals surface area contributed by atoms with Crippen molar-refractivity contribution in [1.29, 1.82) is 0 Å². The second-order valence-corrected chi connectivity index (χ2v) is 6.25. The molecule has 2 heterocycles. The molecule has 0 saturated carbocycles. The number of carbonyl (C=O) groups is 1. The number of hydrogen-bond acceptors (Lipinski definition) is 5. The van der Waals surface area contributed by atoms with Crippen molar-refractivity contribution in [3.8, 4) is 0 Å². The lowest BCUT2D eigenvalue weighted by Gasteiger charge is -2.22. The molecule has 8 heteroatoms. The minimum atomic E-state index is -0.127. The van der Waals surface area contributed by atoms with E-state index in [-0.39, 0.29) is 17.9 Å². The van der Waals surface area contributed by atoms with Crippen molar-refractivity contribution in [2.75, 3.05) is 0 Å². The number of rotatable bonds is 8. The van der Waals surface area contributed by atoms with E-state index in [2.05, 4.69) is 44.7 Å². The minimum Gasteiger partial charge on any atom is -0.346 e. The summed E-state index contributed by atoms with van der Waals surface area (Å²) in [6, 6.07) is 7.77. The molecule has 1 amide bonds. The van der Waals surface area contributed by atoms with Crippen LogP contribution in [0.1, 0.15) is 45.0 Å². The van der Waals surface area contributed by atoms with Crippen molar-refractivity contribution in [3.05, 3.63) is 36.4 Å². The fourth-order valence-corrected chi connectivity index (χ4v) is 2.77. The highest BCUT2D eigenvalue weighted by Crippen LogP contribution is 2.24. The lowest BCUT2D eigenvalue weighted by Crippen LogP contribution is -2.33. The van der Waals surface area contributed by atoms with Gasteiger partial charge in [-0.3, -0.25) is 4.79 Å². The molecular formula is C17H23N7O. The van der Waals surface area contributed by atoms with E-state index >= 15 is 0 Å². The number of fused-ring (bicyclic) bond motifs is 1. The van der Waals surface area contributed by atoms with Gasteiger partial charge in [0, 0.05) is 13.0 Å². The van der Waals surface area contributed by atoms with Gasteiger partial charge in [0.2, 0.25) is 5.91 Å². The zero-order valence-electron chi connectivity index (χ0n) is 14.5. The maximum absolute atomic E-state index is 12.4. The van der Waals surface area contributed by atoms with Crippen molar-refractivity contribution in [1.82, 2.24) is 35.5 Å². The minimum absolute atomic E-state index is 0.0128. The molecule has 3 aromatic rings. The molecule has 1 aromatic carbocycles. The Morgan fingerprint density at radius 2 is 2.20 bits per heavy atom. The first-order chi connectivity index (χ1) is 12.2. The topological polar surface area (TPSA) is 101 Å². The number of imidazole rings is 1. The number of amides is 1. The predicted molar refractivity (Wildman–Crippen MR) is 93.5 cm³/mol. The zero-order valence-corrected chi connectivity index (χ0v) is 14.5. The van der Waals surface area contributed by atoms with Crippen molar-refractivity contribution < 1.29 is 4.79 Å². The van der Waals surface area contributed by atoms with E-state index in [4.69, 9.17) is 0 Å². The van der Waals surface area contributed by atoms with Crippen molar-refractivity contribution in [2.24, 2.45) is 5.92 Å². The number of nitrogens with one attached hydrogen (secondary N) is 2. The van der Waals surface area contributed by atoms with Crippen LogP contribution in [-0.4, -0.2) is 36.1 Å².